The van der Waals surface area contributed by atoms with Crippen LogP contribution in [-0.2, 0) is 21.4 Å². The monoisotopic (exact) mass is 415 g/mol. The minimum Gasteiger partial charge on any atom is -0.380 e. The first kappa shape index (κ1) is 21.0. The lowest BCUT2D eigenvalue weighted by Crippen LogP contribution is -2.30. The van der Waals surface area contributed by atoms with Crippen molar-refractivity contribution in [3.05, 3.63) is 59.7 Å². The van der Waals surface area contributed by atoms with Crippen LogP contribution in [-0.4, -0.2) is 33.8 Å². The van der Waals surface area contributed by atoms with Crippen LogP contribution in [0.15, 0.2) is 58.4 Å². The zero-order valence-corrected chi connectivity index (χ0v) is 17.2. The summed E-state index contributed by atoms with van der Waals surface area (Å²) in [4.78, 5) is 16.9. The van der Waals surface area contributed by atoms with Crippen LogP contribution in [0.2, 0.25) is 0 Å². The zero-order valence-electron chi connectivity index (χ0n) is 16.3. The standard InChI is InChI=1S/C21H25N3O4S/c1-28-15-16-9-11-17(12-10-16)21(25)23-18-6-5-7-19(14-18)29(26,27)24-20-8-3-2-4-13-22-20/h5-7,9-12,14H,2-4,8,13,15H2,1H3,(H,22,24)(H,23,25). The van der Waals surface area contributed by atoms with E-state index in [9.17, 15) is 13.2 Å². The Kier molecular flexibility index (Phi) is 7.00. The van der Waals surface area contributed by atoms with Crippen molar-refractivity contribution in [1.82, 2.24) is 4.72 Å². The number of nitrogens with zero attached hydrogens (tertiary/aromatic N) is 1. The number of amides is 1. The van der Waals surface area contributed by atoms with Gasteiger partial charge in [-0.2, -0.15) is 0 Å². The predicted molar refractivity (Wildman–Crippen MR) is 113 cm³/mol. The SMILES string of the molecule is COCc1ccc(C(=O)Nc2cccc(S(=O)(=O)NC3=NCCCCC3)c2)cc1. The van der Waals surface area contributed by atoms with Gasteiger partial charge < -0.3 is 10.1 Å². The summed E-state index contributed by atoms with van der Waals surface area (Å²) in [5.74, 6) is 0.178. The maximum atomic E-state index is 12.7. The molecule has 1 heterocycles. The minimum atomic E-state index is -3.76. The fraction of sp³-hybridized carbons (Fsp3) is 0.333. The van der Waals surface area contributed by atoms with E-state index in [1.165, 1.54) is 12.1 Å². The van der Waals surface area contributed by atoms with Gasteiger partial charge in [-0.25, -0.2) is 8.42 Å². The Morgan fingerprint density at radius 3 is 2.66 bits per heavy atom. The van der Waals surface area contributed by atoms with E-state index in [1.54, 1.807) is 31.4 Å². The quantitative estimate of drug-likeness (QED) is 0.756. The highest BCUT2D eigenvalue weighted by atomic mass is 32.2. The molecule has 154 valence electrons. The lowest BCUT2D eigenvalue weighted by Gasteiger charge is -2.11. The molecular formula is C21H25N3O4S. The van der Waals surface area contributed by atoms with Gasteiger partial charge in [-0.1, -0.05) is 24.6 Å². The van der Waals surface area contributed by atoms with Gasteiger partial charge in [0.25, 0.3) is 15.9 Å². The van der Waals surface area contributed by atoms with Crippen LogP contribution in [0.3, 0.4) is 0 Å². The van der Waals surface area contributed by atoms with Crippen molar-refractivity contribution in [2.75, 3.05) is 19.0 Å². The van der Waals surface area contributed by atoms with Crippen LogP contribution in [0.5, 0.6) is 0 Å². The van der Waals surface area contributed by atoms with Crippen molar-refractivity contribution >= 4 is 27.5 Å². The molecule has 2 aromatic rings. The lowest BCUT2D eigenvalue weighted by molar-refractivity contribution is 0.102. The van der Waals surface area contributed by atoms with Crippen molar-refractivity contribution < 1.29 is 17.9 Å². The summed E-state index contributed by atoms with van der Waals surface area (Å²) in [7, 11) is -2.15. The number of carbonyl (C=O) groups excluding carboxylic acids is 1. The van der Waals surface area contributed by atoms with E-state index in [-0.39, 0.29) is 10.8 Å². The van der Waals surface area contributed by atoms with Gasteiger partial charge in [-0.3, -0.25) is 14.5 Å². The lowest BCUT2D eigenvalue weighted by atomic mass is 10.1. The summed E-state index contributed by atoms with van der Waals surface area (Å²) in [6, 6.07) is 13.2. The Bertz CT molecular complexity index is 985. The van der Waals surface area contributed by atoms with E-state index in [4.69, 9.17) is 4.74 Å². The second-order valence-electron chi connectivity index (χ2n) is 6.86. The number of hydrogen-bond acceptors (Lipinski definition) is 5. The number of sulfonamides is 1. The topological polar surface area (TPSA) is 96.9 Å². The number of hydrogen-bond donors (Lipinski definition) is 2. The Hall–Kier alpha value is -2.71. The maximum absolute atomic E-state index is 12.7. The molecule has 0 aliphatic carbocycles. The van der Waals surface area contributed by atoms with Crippen LogP contribution in [0, 0.1) is 0 Å². The third-order valence-corrected chi connectivity index (χ3v) is 5.93. The average molecular weight is 416 g/mol. The molecule has 0 atom stereocenters. The largest absolute Gasteiger partial charge is 0.380 e. The van der Waals surface area contributed by atoms with Crippen molar-refractivity contribution in [2.24, 2.45) is 4.99 Å². The fourth-order valence-corrected chi connectivity index (χ4v) is 4.17. The van der Waals surface area contributed by atoms with Gasteiger partial charge in [0.15, 0.2) is 0 Å². The molecule has 29 heavy (non-hydrogen) atoms. The number of carbonyl (C=O) groups is 1. The molecule has 2 aromatic carbocycles. The molecule has 0 radical (unpaired) electrons. The number of benzene rings is 2. The highest BCUT2D eigenvalue weighted by Gasteiger charge is 2.18. The summed E-state index contributed by atoms with van der Waals surface area (Å²) in [5.41, 5.74) is 1.84. The molecule has 1 aliphatic rings. The van der Waals surface area contributed by atoms with Crippen LogP contribution < -0.4 is 10.0 Å². The number of ether oxygens (including phenoxy) is 1. The first-order valence-corrected chi connectivity index (χ1v) is 11.0. The van der Waals surface area contributed by atoms with Crippen LogP contribution in [0.4, 0.5) is 5.69 Å². The third-order valence-electron chi connectivity index (χ3n) is 4.56. The smallest absolute Gasteiger partial charge is 0.262 e. The Morgan fingerprint density at radius 2 is 1.90 bits per heavy atom. The molecule has 0 saturated heterocycles. The van der Waals surface area contributed by atoms with Gasteiger partial charge in [0.2, 0.25) is 0 Å². The molecule has 1 amide bonds. The second kappa shape index (κ2) is 9.67. The molecular weight excluding hydrogens is 390 g/mol. The van der Waals surface area contributed by atoms with Gasteiger partial charge in [-0.15, -0.1) is 0 Å². The van der Waals surface area contributed by atoms with Crippen molar-refractivity contribution in [1.29, 1.82) is 0 Å². The molecule has 0 spiro atoms. The molecule has 0 unspecified atom stereocenters. The Morgan fingerprint density at radius 1 is 1.10 bits per heavy atom. The maximum Gasteiger partial charge on any atom is 0.262 e. The third kappa shape index (κ3) is 5.88. The summed E-state index contributed by atoms with van der Waals surface area (Å²) in [5, 5.41) is 2.74. The summed E-state index contributed by atoms with van der Waals surface area (Å²) < 4.78 is 33.0. The van der Waals surface area contributed by atoms with E-state index < -0.39 is 10.0 Å². The summed E-state index contributed by atoms with van der Waals surface area (Å²) in [6.07, 6.45) is 3.55. The number of rotatable bonds is 6. The summed E-state index contributed by atoms with van der Waals surface area (Å²) >= 11 is 0. The molecule has 1 aliphatic heterocycles. The number of nitrogens with one attached hydrogen (secondary N) is 2. The van der Waals surface area contributed by atoms with E-state index in [1.807, 2.05) is 12.1 Å². The zero-order chi connectivity index (χ0) is 20.7. The van der Waals surface area contributed by atoms with Gasteiger partial charge in [0, 0.05) is 31.3 Å². The number of aliphatic imine (C=N–C) groups is 1. The van der Waals surface area contributed by atoms with E-state index in [0.29, 0.717) is 36.7 Å². The fourth-order valence-electron chi connectivity index (χ4n) is 3.03. The van der Waals surface area contributed by atoms with Crippen molar-refractivity contribution in [2.45, 2.75) is 37.2 Å². The van der Waals surface area contributed by atoms with Gasteiger partial charge >= 0.3 is 0 Å². The molecule has 8 heteroatoms. The van der Waals surface area contributed by atoms with Gasteiger partial charge in [0.05, 0.1) is 11.5 Å². The number of anilines is 1. The summed E-state index contributed by atoms with van der Waals surface area (Å²) in [6.45, 7) is 1.11. The van der Waals surface area contributed by atoms with Crippen LogP contribution >= 0.6 is 0 Å². The molecule has 0 saturated carbocycles. The highest BCUT2D eigenvalue weighted by molar-refractivity contribution is 7.90. The Labute approximate surface area is 171 Å². The molecule has 0 fully saturated rings. The number of amidine groups is 1. The normalized spacial score (nSPS) is 14.6. The molecule has 0 bridgehead atoms. The Balaban J connectivity index is 1.71. The van der Waals surface area contributed by atoms with E-state index in [0.717, 1.165) is 24.8 Å². The minimum absolute atomic E-state index is 0.0812. The van der Waals surface area contributed by atoms with Crippen LogP contribution in [0.1, 0.15) is 41.6 Å². The van der Waals surface area contributed by atoms with Crippen LogP contribution in [0.25, 0.3) is 0 Å². The molecule has 7 nitrogen and oxygen atoms in total. The predicted octanol–water partition coefficient (Wildman–Crippen LogP) is 3.34. The second-order valence-corrected chi connectivity index (χ2v) is 8.54. The number of methoxy groups -OCH3 is 1. The van der Waals surface area contributed by atoms with Crippen molar-refractivity contribution in [3.63, 3.8) is 0 Å². The van der Waals surface area contributed by atoms with Gasteiger partial charge in [0.1, 0.15) is 5.84 Å². The van der Waals surface area contributed by atoms with E-state index >= 15 is 0 Å². The van der Waals surface area contributed by atoms with Crippen molar-refractivity contribution in [3.8, 4) is 0 Å². The molecule has 0 aromatic heterocycles. The van der Waals surface area contributed by atoms with E-state index in [2.05, 4.69) is 15.0 Å². The molecule has 3 rings (SSSR count). The highest BCUT2D eigenvalue weighted by Crippen LogP contribution is 2.18. The molecule has 2 N–H and O–H groups in total. The first-order valence-electron chi connectivity index (χ1n) is 9.53. The first-order chi connectivity index (χ1) is 14.0. The average Bonchev–Trinajstić information content (AvgIpc) is 2.97. The van der Waals surface area contributed by atoms with Gasteiger partial charge in [-0.05, 0) is 48.7 Å².